The van der Waals surface area contributed by atoms with E-state index in [1.807, 2.05) is 0 Å². The highest BCUT2D eigenvalue weighted by atomic mass is 31.2. The lowest BCUT2D eigenvalue weighted by molar-refractivity contribution is -0.161. The molecule has 2 atom stereocenters. The fourth-order valence-electron chi connectivity index (χ4n) is 7.44. The Labute approximate surface area is 417 Å². The standard InChI is InChI=1S/C58H102NO8P/c1-3-5-7-9-11-13-15-17-19-20-21-22-23-24-25-26-27-28-29-30-31-32-33-34-35-36-37-39-41-43-45-47-49-51-58(61)67-56(55-66-68(62,63)65-53-52-59)54-64-57(60)50-48-46-44-42-40-38-18-16-14-12-10-8-6-4-2/h5,7,10-13,16-19,21-22,24-25,56H,3-4,6,8-9,14-15,20,23,26-55,59H2,1-2H3,(H,62,63)/b7-5-,12-10-,13-11-,18-16-,19-17-,22-21-,25-24-. The van der Waals surface area contributed by atoms with Gasteiger partial charge in [0.1, 0.15) is 6.61 Å². The van der Waals surface area contributed by atoms with Crippen molar-refractivity contribution in [2.75, 3.05) is 26.4 Å². The first-order chi connectivity index (χ1) is 33.3. The molecule has 0 aromatic carbocycles. The highest BCUT2D eigenvalue weighted by Gasteiger charge is 2.26. The zero-order chi connectivity index (χ0) is 49.5. The SMILES string of the molecule is CC/C=C\C/C=C\C/C=C\C/C=C\C/C=C\CCCCCCCCCCCCCCCCCCCC(=O)OC(COC(=O)CCCCCCC/C=C\C/C=C\CCCC)COP(=O)(O)OCCN. The van der Waals surface area contributed by atoms with Crippen LogP contribution in [0.25, 0.3) is 0 Å². The quantitative estimate of drug-likeness (QED) is 0.0264. The number of hydrogen-bond donors (Lipinski definition) is 2. The molecule has 0 aromatic rings. The van der Waals surface area contributed by atoms with Crippen molar-refractivity contribution in [1.82, 2.24) is 0 Å². The molecular formula is C58H102NO8P. The van der Waals surface area contributed by atoms with Gasteiger partial charge in [0, 0.05) is 19.4 Å². The first kappa shape index (κ1) is 65.2. The predicted octanol–water partition coefficient (Wildman–Crippen LogP) is 17.1. The largest absolute Gasteiger partial charge is 0.472 e. The summed E-state index contributed by atoms with van der Waals surface area (Å²) in [6.07, 6.45) is 69.3. The first-order valence-electron chi connectivity index (χ1n) is 27.6. The maximum Gasteiger partial charge on any atom is 0.472 e. The summed E-state index contributed by atoms with van der Waals surface area (Å²) in [7, 11) is -4.39. The van der Waals surface area contributed by atoms with Gasteiger partial charge in [0.2, 0.25) is 0 Å². The number of hydrogen-bond acceptors (Lipinski definition) is 8. The smallest absolute Gasteiger partial charge is 0.462 e. The van der Waals surface area contributed by atoms with E-state index in [2.05, 4.69) is 98.9 Å². The fraction of sp³-hybridized carbons (Fsp3) is 0.724. The molecule has 0 fully saturated rings. The van der Waals surface area contributed by atoms with Crippen LogP contribution in [-0.2, 0) is 32.7 Å². The number of phosphoric ester groups is 1. The van der Waals surface area contributed by atoms with Gasteiger partial charge in [-0.05, 0) is 83.5 Å². The summed E-state index contributed by atoms with van der Waals surface area (Å²) in [5, 5.41) is 0. The molecule has 0 rings (SSSR count). The average molecular weight is 972 g/mol. The number of ether oxygens (including phenoxy) is 2. The Morgan fingerprint density at radius 1 is 0.456 bits per heavy atom. The summed E-state index contributed by atoms with van der Waals surface area (Å²) in [4.78, 5) is 35.1. The molecule has 0 amide bonds. The number of unbranched alkanes of at least 4 members (excludes halogenated alkanes) is 24. The maximum atomic E-state index is 12.7. The Morgan fingerprint density at radius 2 is 0.809 bits per heavy atom. The predicted molar refractivity (Wildman–Crippen MR) is 289 cm³/mol. The molecule has 68 heavy (non-hydrogen) atoms. The molecule has 0 saturated heterocycles. The van der Waals surface area contributed by atoms with Crippen molar-refractivity contribution >= 4 is 19.8 Å². The van der Waals surface area contributed by atoms with Crippen LogP contribution in [0.2, 0.25) is 0 Å². The Kier molecular flexibility index (Phi) is 51.3. The second kappa shape index (κ2) is 53.5. The van der Waals surface area contributed by atoms with Crippen molar-refractivity contribution in [2.45, 2.75) is 245 Å². The van der Waals surface area contributed by atoms with Crippen LogP contribution in [0.1, 0.15) is 239 Å². The maximum absolute atomic E-state index is 12.7. The summed E-state index contributed by atoms with van der Waals surface area (Å²) in [6.45, 7) is 3.58. The van der Waals surface area contributed by atoms with E-state index in [4.69, 9.17) is 24.3 Å². The van der Waals surface area contributed by atoms with E-state index in [1.165, 1.54) is 103 Å². The zero-order valence-corrected chi connectivity index (χ0v) is 44.5. The van der Waals surface area contributed by atoms with E-state index < -0.39 is 32.5 Å². The van der Waals surface area contributed by atoms with E-state index in [9.17, 15) is 19.0 Å². The third-order valence-corrected chi connectivity index (χ3v) is 12.5. The minimum atomic E-state index is -4.39. The number of nitrogens with two attached hydrogens (primary N) is 1. The molecule has 9 nitrogen and oxygen atoms in total. The van der Waals surface area contributed by atoms with Crippen molar-refractivity contribution in [3.8, 4) is 0 Å². The Morgan fingerprint density at radius 3 is 1.21 bits per heavy atom. The Hall–Kier alpha value is -2.81. The highest BCUT2D eigenvalue weighted by Crippen LogP contribution is 2.43. The molecule has 0 aliphatic heterocycles. The van der Waals surface area contributed by atoms with Gasteiger partial charge in [-0.3, -0.25) is 18.6 Å². The monoisotopic (exact) mass is 972 g/mol. The van der Waals surface area contributed by atoms with Gasteiger partial charge >= 0.3 is 19.8 Å². The Balaban J connectivity index is 3.91. The van der Waals surface area contributed by atoms with Crippen molar-refractivity contribution in [1.29, 1.82) is 0 Å². The van der Waals surface area contributed by atoms with Crippen LogP contribution in [0, 0.1) is 0 Å². The molecular weight excluding hydrogens is 870 g/mol. The molecule has 2 unspecified atom stereocenters. The lowest BCUT2D eigenvalue weighted by Gasteiger charge is -2.19. The molecule has 0 aliphatic carbocycles. The second-order valence-electron chi connectivity index (χ2n) is 18.1. The van der Waals surface area contributed by atoms with Gasteiger partial charge in [-0.1, -0.05) is 227 Å². The average Bonchev–Trinajstić information content (AvgIpc) is 3.33. The summed E-state index contributed by atoms with van der Waals surface area (Å²) in [5.41, 5.74) is 5.37. The van der Waals surface area contributed by atoms with E-state index in [0.717, 1.165) is 96.3 Å². The van der Waals surface area contributed by atoms with E-state index in [-0.39, 0.29) is 32.6 Å². The lowest BCUT2D eigenvalue weighted by atomic mass is 10.0. The van der Waals surface area contributed by atoms with Gasteiger partial charge in [0.05, 0.1) is 13.2 Å². The lowest BCUT2D eigenvalue weighted by Crippen LogP contribution is -2.29. The van der Waals surface area contributed by atoms with Gasteiger partial charge in [-0.2, -0.15) is 0 Å². The van der Waals surface area contributed by atoms with Crippen LogP contribution in [-0.4, -0.2) is 49.3 Å². The minimum Gasteiger partial charge on any atom is -0.462 e. The molecule has 0 bridgehead atoms. The Bertz CT molecular complexity index is 1390. The highest BCUT2D eigenvalue weighted by molar-refractivity contribution is 7.47. The molecule has 3 N–H and O–H groups in total. The minimum absolute atomic E-state index is 0.0492. The van der Waals surface area contributed by atoms with Crippen LogP contribution in [0.5, 0.6) is 0 Å². The zero-order valence-electron chi connectivity index (χ0n) is 43.6. The van der Waals surface area contributed by atoms with Gasteiger partial charge in [0.15, 0.2) is 6.10 Å². The number of rotatable bonds is 51. The van der Waals surface area contributed by atoms with Crippen molar-refractivity contribution in [2.24, 2.45) is 5.73 Å². The van der Waals surface area contributed by atoms with Crippen molar-refractivity contribution in [3.63, 3.8) is 0 Å². The van der Waals surface area contributed by atoms with Gasteiger partial charge < -0.3 is 20.1 Å². The molecule has 10 heteroatoms. The third kappa shape index (κ3) is 52.6. The van der Waals surface area contributed by atoms with Crippen LogP contribution in [0.4, 0.5) is 0 Å². The van der Waals surface area contributed by atoms with Crippen LogP contribution in [0.3, 0.4) is 0 Å². The normalized spacial score (nSPS) is 13.8. The molecule has 0 spiro atoms. The molecule has 0 saturated carbocycles. The van der Waals surface area contributed by atoms with Crippen LogP contribution >= 0.6 is 7.82 Å². The molecule has 0 aromatic heterocycles. The van der Waals surface area contributed by atoms with Gasteiger partial charge in [-0.25, -0.2) is 4.57 Å². The number of allylic oxidation sites excluding steroid dienone is 14. The summed E-state index contributed by atoms with van der Waals surface area (Å²) in [6, 6.07) is 0. The topological polar surface area (TPSA) is 134 Å². The molecule has 0 aliphatic rings. The van der Waals surface area contributed by atoms with Crippen LogP contribution in [0.15, 0.2) is 85.1 Å². The van der Waals surface area contributed by atoms with Crippen molar-refractivity contribution < 1.29 is 37.6 Å². The number of phosphoric acid groups is 1. The van der Waals surface area contributed by atoms with Crippen LogP contribution < -0.4 is 5.73 Å². The summed E-state index contributed by atoms with van der Waals surface area (Å²) < 4.78 is 32.9. The van der Waals surface area contributed by atoms with Crippen molar-refractivity contribution in [3.05, 3.63) is 85.1 Å². The number of carbonyl (C=O) groups excluding carboxylic acids is 2. The fourth-order valence-corrected chi connectivity index (χ4v) is 8.21. The van der Waals surface area contributed by atoms with E-state index in [1.54, 1.807) is 0 Å². The van der Waals surface area contributed by atoms with Gasteiger partial charge in [0.25, 0.3) is 0 Å². The molecule has 392 valence electrons. The second-order valence-corrected chi connectivity index (χ2v) is 19.5. The van der Waals surface area contributed by atoms with E-state index >= 15 is 0 Å². The first-order valence-corrected chi connectivity index (χ1v) is 29.1. The molecule has 0 radical (unpaired) electrons. The van der Waals surface area contributed by atoms with Gasteiger partial charge in [-0.15, -0.1) is 0 Å². The van der Waals surface area contributed by atoms with E-state index in [0.29, 0.717) is 12.8 Å². The number of esters is 2. The number of carbonyl (C=O) groups is 2. The summed E-state index contributed by atoms with van der Waals surface area (Å²) in [5.74, 6) is -0.842. The third-order valence-electron chi connectivity index (χ3n) is 11.5. The summed E-state index contributed by atoms with van der Waals surface area (Å²) >= 11 is 0. The molecule has 0 heterocycles.